The van der Waals surface area contributed by atoms with Crippen LogP contribution in [-0.4, -0.2) is 14.2 Å². The van der Waals surface area contributed by atoms with E-state index in [0.717, 1.165) is 6.42 Å². The lowest BCUT2D eigenvalue weighted by atomic mass is 10.1. The Bertz CT molecular complexity index is 332. The van der Waals surface area contributed by atoms with Crippen molar-refractivity contribution in [2.24, 2.45) is 0 Å². The Morgan fingerprint density at radius 2 is 1.81 bits per heavy atom. The molecule has 0 saturated carbocycles. The fraction of sp³-hybridized carbons (Fsp3) is 0.538. The van der Waals surface area contributed by atoms with Gasteiger partial charge in [0.1, 0.15) is 6.10 Å². The smallest absolute Gasteiger partial charge is 0.121 e. The van der Waals surface area contributed by atoms with Gasteiger partial charge in [-0.05, 0) is 11.6 Å². The molecule has 1 aliphatic rings. The summed E-state index contributed by atoms with van der Waals surface area (Å²) in [6, 6.07) is 11.5. The third-order valence-corrected chi connectivity index (χ3v) is 4.48. The van der Waals surface area contributed by atoms with Crippen molar-refractivity contribution in [2.75, 3.05) is 0 Å². The molecule has 0 bridgehead atoms. The summed E-state index contributed by atoms with van der Waals surface area (Å²) < 4.78 is 0. The molecule has 3 heteroatoms. The molecule has 2 nitrogen and oxygen atoms in total. The first-order chi connectivity index (χ1) is 7.54. The van der Waals surface area contributed by atoms with E-state index in [0.29, 0.717) is 0 Å². The van der Waals surface area contributed by atoms with Gasteiger partial charge in [-0.1, -0.05) is 50.0 Å². The van der Waals surface area contributed by atoms with Crippen molar-refractivity contribution in [3.8, 4) is 0 Å². The zero-order valence-corrected chi connectivity index (χ0v) is 11.3. The predicted molar refractivity (Wildman–Crippen MR) is 67.9 cm³/mol. The molecule has 0 aliphatic carbocycles. The molecule has 0 amide bonds. The highest BCUT2D eigenvalue weighted by Gasteiger charge is 2.32. The van der Waals surface area contributed by atoms with Crippen LogP contribution >= 0.6 is 0 Å². The second-order valence-electron chi connectivity index (χ2n) is 5.71. The summed E-state index contributed by atoms with van der Waals surface area (Å²) in [5.41, 5.74) is 1.22. The summed E-state index contributed by atoms with van der Waals surface area (Å²) in [5, 5.41) is 0. The normalized spacial score (nSPS) is 25.9. The van der Waals surface area contributed by atoms with Gasteiger partial charge in [-0.3, -0.25) is 0 Å². The van der Waals surface area contributed by atoms with Crippen LogP contribution in [0.3, 0.4) is 0 Å². The van der Waals surface area contributed by atoms with E-state index in [1.165, 1.54) is 11.6 Å². The first-order valence-electron chi connectivity index (χ1n) is 5.92. The van der Waals surface area contributed by atoms with Crippen LogP contribution < -0.4 is 0 Å². The fourth-order valence-corrected chi connectivity index (χ4v) is 3.72. The van der Waals surface area contributed by atoms with E-state index in [-0.39, 0.29) is 12.2 Å². The largest absolute Gasteiger partial charge is 0.233 e. The quantitative estimate of drug-likeness (QED) is 0.587. The van der Waals surface area contributed by atoms with Crippen molar-refractivity contribution in [1.29, 1.82) is 0 Å². The van der Waals surface area contributed by atoms with Crippen molar-refractivity contribution in [3.05, 3.63) is 35.9 Å². The van der Waals surface area contributed by atoms with Gasteiger partial charge in [0, 0.05) is 14.5 Å². The van der Waals surface area contributed by atoms with Crippen molar-refractivity contribution in [3.63, 3.8) is 0 Å². The van der Waals surface area contributed by atoms with Gasteiger partial charge >= 0.3 is 0 Å². The number of benzene rings is 1. The van der Waals surface area contributed by atoms with Gasteiger partial charge < -0.3 is 0 Å². The average Bonchev–Trinajstić information content (AvgIpc) is 2.65. The maximum Gasteiger partial charge on any atom is 0.121 e. The van der Waals surface area contributed by atoms with Crippen molar-refractivity contribution in [2.45, 2.75) is 44.3 Å². The van der Waals surface area contributed by atoms with Crippen molar-refractivity contribution >= 4 is 8.07 Å². The number of hydrogen-bond donors (Lipinski definition) is 0. The van der Waals surface area contributed by atoms with Crippen LogP contribution in [0.2, 0.25) is 25.7 Å². The zero-order valence-electron chi connectivity index (χ0n) is 10.3. The highest BCUT2D eigenvalue weighted by Crippen LogP contribution is 2.34. The van der Waals surface area contributed by atoms with E-state index >= 15 is 0 Å². The second kappa shape index (κ2) is 4.70. The second-order valence-corrected chi connectivity index (χ2v) is 11.2. The first-order valence-corrected chi connectivity index (χ1v) is 9.62. The Morgan fingerprint density at radius 1 is 1.12 bits per heavy atom. The average molecular weight is 236 g/mol. The lowest BCUT2D eigenvalue weighted by Crippen LogP contribution is -2.26. The molecule has 1 heterocycles. The Hall–Kier alpha value is -0.643. The monoisotopic (exact) mass is 236 g/mol. The minimum Gasteiger partial charge on any atom is -0.233 e. The van der Waals surface area contributed by atoms with Gasteiger partial charge in [-0.2, -0.15) is 0 Å². The maximum absolute atomic E-state index is 5.43. The molecule has 88 valence electrons. The van der Waals surface area contributed by atoms with E-state index in [9.17, 15) is 0 Å². The van der Waals surface area contributed by atoms with Crippen LogP contribution in [0.15, 0.2) is 30.3 Å². The van der Waals surface area contributed by atoms with E-state index in [1.807, 2.05) is 18.2 Å². The molecule has 0 radical (unpaired) electrons. The summed E-state index contributed by atoms with van der Waals surface area (Å²) in [7, 11) is -1.06. The van der Waals surface area contributed by atoms with E-state index in [4.69, 9.17) is 9.78 Å². The SMILES string of the molecule is C[Si](C)(C)C[C@H]1C[C@@H](c2ccccc2)OO1. The predicted octanol–water partition coefficient (Wildman–Crippen LogP) is 3.79. The third kappa shape index (κ3) is 3.17. The van der Waals surface area contributed by atoms with Crippen LogP contribution in [0.5, 0.6) is 0 Å². The molecule has 0 unspecified atom stereocenters. The molecule has 0 spiro atoms. The van der Waals surface area contributed by atoms with Crippen molar-refractivity contribution < 1.29 is 9.78 Å². The van der Waals surface area contributed by atoms with E-state index < -0.39 is 8.07 Å². The molecule has 0 aromatic heterocycles. The number of rotatable bonds is 3. The molecule has 1 saturated heterocycles. The molecule has 2 atom stereocenters. The lowest BCUT2D eigenvalue weighted by Gasteiger charge is -2.18. The Kier molecular flexibility index (Phi) is 3.47. The molecule has 1 aromatic rings. The van der Waals surface area contributed by atoms with Gasteiger partial charge in [0.25, 0.3) is 0 Å². The topological polar surface area (TPSA) is 18.5 Å². The maximum atomic E-state index is 5.43. The van der Waals surface area contributed by atoms with Crippen molar-refractivity contribution in [1.82, 2.24) is 0 Å². The molecule has 1 fully saturated rings. The van der Waals surface area contributed by atoms with Gasteiger partial charge in [-0.15, -0.1) is 0 Å². The lowest BCUT2D eigenvalue weighted by molar-refractivity contribution is -0.295. The molecule has 0 N–H and O–H groups in total. The summed E-state index contributed by atoms with van der Waals surface area (Å²) in [5.74, 6) is 0. The first kappa shape index (κ1) is 11.8. The van der Waals surface area contributed by atoms with Gasteiger partial charge in [-0.25, -0.2) is 9.78 Å². The Labute approximate surface area is 98.5 Å². The number of hydrogen-bond acceptors (Lipinski definition) is 2. The zero-order chi connectivity index (χ0) is 11.6. The third-order valence-electron chi connectivity index (χ3n) is 2.80. The van der Waals surface area contributed by atoms with E-state index in [2.05, 4.69) is 31.8 Å². The van der Waals surface area contributed by atoms with E-state index in [1.54, 1.807) is 0 Å². The minimum absolute atomic E-state index is 0.127. The van der Waals surface area contributed by atoms with Crippen LogP contribution in [0.1, 0.15) is 18.1 Å². The Balaban J connectivity index is 1.94. The Morgan fingerprint density at radius 3 is 2.44 bits per heavy atom. The fourth-order valence-electron chi connectivity index (χ4n) is 2.12. The summed E-state index contributed by atoms with van der Waals surface area (Å²) >= 11 is 0. The van der Waals surface area contributed by atoms with Crippen LogP contribution in [0.4, 0.5) is 0 Å². The van der Waals surface area contributed by atoms with Crippen LogP contribution in [0.25, 0.3) is 0 Å². The van der Waals surface area contributed by atoms with Crippen LogP contribution in [-0.2, 0) is 9.78 Å². The molecule has 1 aliphatic heterocycles. The van der Waals surface area contributed by atoms with Gasteiger partial charge in [0.2, 0.25) is 0 Å². The van der Waals surface area contributed by atoms with Crippen LogP contribution in [0, 0.1) is 0 Å². The summed E-state index contributed by atoms with van der Waals surface area (Å²) in [4.78, 5) is 10.9. The highest BCUT2D eigenvalue weighted by molar-refractivity contribution is 6.76. The minimum atomic E-state index is -1.06. The highest BCUT2D eigenvalue weighted by atomic mass is 28.3. The standard InChI is InChI=1S/C13H20O2Si/c1-16(2,3)10-12-9-13(15-14-12)11-7-5-4-6-8-11/h4-8,12-13H,9-10H2,1-3H3/t12-,13+/m1/s1. The summed E-state index contributed by atoms with van der Waals surface area (Å²) in [6.07, 6.45) is 1.41. The van der Waals surface area contributed by atoms with Gasteiger partial charge in [0.15, 0.2) is 0 Å². The van der Waals surface area contributed by atoms with Gasteiger partial charge in [0.05, 0.1) is 6.10 Å². The molecule has 2 rings (SSSR count). The molecular formula is C13H20O2Si. The molecule has 1 aromatic carbocycles. The molecule has 16 heavy (non-hydrogen) atoms. The molecular weight excluding hydrogens is 216 g/mol. The summed E-state index contributed by atoms with van der Waals surface area (Å²) in [6.45, 7) is 7.10.